The predicted molar refractivity (Wildman–Crippen MR) is 73.8 cm³/mol. The Morgan fingerprint density at radius 2 is 1.63 bits per heavy atom. The second-order valence-corrected chi connectivity index (χ2v) is 4.60. The van der Waals surface area contributed by atoms with Crippen molar-refractivity contribution in [2.75, 3.05) is 26.7 Å². The number of carbonyl (C=O) groups excluding carboxylic acids is 2. The highest BCUT2D eigenvalue weighted by Crippen LogP contribution is 2.02. The summed E-state index contributed by atoms with van der Waals surface area (Å²) < 4.78 is 0. The summed E-state index contributed by atoms with van der Waals surface area (Å²) in [7, 11) is 1.55. The van der Waals surface area contributed by atoms with E-state index in [1.165, 1.54) is 0 Å². The number of hydroxylamine groups is 2. The molecule has 0 bridgehead atoms. The maximum absolute atomic E-state index is 11.4. The molecule has 0 heterocycles. The van der Waals surface area contributed by atoms with Gasteiger partial charge in [-0.1, -0.05) is 19.8 Å². The lowest BCUT2D eigenvalue weighted by Gasteiger charge is -2.09. The molecule has 2 amide bonds. The Labute approximate surface area is 115 Å². The van der Waals surface area contributed by atoms with Crippen molar-refractivity contribution >= 4 is 11.8 Å². The third kappa shape index (κ3) is 13.1. The van der Waals surface area contributed by atoms with E-state index < -0.39 is 0 Å². The van der Waals surface area contributed by atoms with Crippen LogP contribution in [-0.4, -0.2) is 48.8 Å². The van der Waals surface area contributed by atoms with Gasteiger partial charge in [-0.2, -0.15) is 5.06 Å². The summed E-state index contributed by atoms with van der Waals surface area (Å²) in [5, 5.41) is 15.5. The predicted octanol–water partition coefficient (Wildman–Crippen LogP) is 0.900. The molecule has 0 aromatic heterocycles. The van der Waals surface area contributed by atoms with E-state index in [4.69, 9.17) is 5.21 Å². The fraction of sp³-hybridized carbons (Fsp3) is 0.846. The molecule has 6 nitrogen and oxygen atoms in total. The molecule has 3 N–H and O–H groups in total. The molecule has 0 rings (SSSR count). The number of rotatable bonds is 11. The number of unbranched alkanes of at least 4 members (excludes halogenated alkanes) is 3. The minimum absolute atomic E-state index is 0.0288. The van der Waals surface area contributed by atoms with Gasteiger partial charge in [-0.15, -0.1) is 0 Å². The summed E-state index contributed by atoms with van der Waals surface area (Å²) in [5.74, 6) is 0.120. The van der Waals surface area contributed by atoms with Crippen LogP contribution in [0.3, 0.4) is 0 Å². The van der Waals surface area contributed by atoms with Gasteiger partial charge < -0.3 is 15.8 Å². The van der Waals surface area contributed by atoms with E-state index in [1.54, 1.807) is 7.05 Å². The van der Waals surface area contributed by atoms with Gasteiger partial charge in [-0.25, -0.2) is 0 Å². The normalized spacial score (nSPS) is 10.5. The molecule has 0 saturated heterocycles. The van der Waals surface area contributed by atoms with Gasteiger partial charge in [-0.05, 0) is 12.8 Å². The third-order valence-electron chi connectivity index (χ3n) is 2.73. The van der Waals surface area contributed by atoms with Gasteiger partial charge in [0, 0.05) is 39.5 Å². The molecule has 0 atom stereocenters. The Balaban J connectivity index is 3.25. The fourth-order valence-corrected chi connectivity index (χ4v) is 1.56. The van der Waals surface area contributed by atoms with Crippen molar-refractivity contribution in [1.82, 2.24) is 15.7 Å². The van der Waals surface area contributed by atoms with E-state index in [2.05, 4.69) is 10.6 Å². The zero-order valence-electron chi connectivity index (χ0n) is 12.1. The van der Waals surface area contributed by atoms with Crippen molar-refractivity contribution < 1.29 is 14.8 Å². The standard InChI is InChI=1S/C13H27N3O3/c1-3-12(17)14-9-7-5-4-6-8-13(18)15-10-11-16(2)19/h19H,3-11H2,1-2H3,(H,14,17)(H,15,18). The fourth-order valence-electron chi connectivity index (χ4n) is 1.56. The number of amides is 2. The molecular formula is C13H27N3O3. The molecule has 0 radical (unpaired) electrons. The van der Waals surface area contributed by atoms with Crippen LogP contribution in [0.2, 0.25) is 0 Å². The van der Waals surface area contributed by atoms with Crippen molar-refractivity contribution in [3.63, 3.8) is 0 Å². The van der Waals surface area contributed by atoms with E-state index in [0.717, 1.165) is 37.3 Å². The van der Waals surface area contributed by atoms with Crippen molar-refractivity contribution in [2.24, 2.45) is 0 Å². The lowest BCUT2D eigenvalue weighted by atomic mass is 10.1. The maximum Gasteiger partial charge on any atom is 0.220 e. The Kier molecular flexibility index (Phi) is 11.2. The van der Waals surface area contributed by atoms with Gasteiger partial charge in [0.25, 0.3) is 0 Å². The van der Waals surface area contributed by atoms with Crippen LogP contribution in [0.4, 0.5) is 0 Å². The Hall–Kier alpha value is -1.14. The Bertz CT molecular complexity index is 258. The van der Waals surface area contributed by atoms with Crippen LogP contribution in [0.5, 0.6) is 0 Å². The molecule has 0 aromatic carbocycles. The quantitative estimate of drug-likeness (QED) is 0.386. The molecule has 0 aromatic rings. The first-order valence-corrected chi connectivity index (χ1v) is 6.99. The first kappa shape index (κ1) is 17.9. The monoisotopic (exact) mass is 273 g/mol. The summed E-state index contributed by atoms with van der Waals surface area (Å²) in [6.45, 7) is 3.46. The second-order valence-electron chi connectivity index (χ2n) is 4.60. The van der Waals surface area contributed by atoms with E-state index in [-0.39, 0.29) is 11.8 Å². The summed E-state index contributed by atoms with van der Waals surface area (Å²) in [5.41, 5.74) is 0. The molecule has 19 heavy (non-hydrogen) atoms. The van der Waals surface area contributed by atoms with Crippen LogP contribution in [-0.2, 0) is 9.59 Å². The number of nitrogens with zero attached hydrogens (tertiary/aromatic N) is 1. The van der Waals surface area contributed by atoms with E-state index in [0.29, 0.717) is 25.9 Å². The van der Waals surface area contributed by atoms with Crippen LogP contribution in [0, 0.1) is 0 Å². The lowest BCUT2D eigenvalue weighted by Crippen LogP contribution is -2.31. The molecule has 0 unspecified atom stereocenters. The third-order valence-corrected chi connectivity index (χ3v) is 2.73. The van der Waals surface area contributed by atoms with Gasteiger partial charge in [0.15, 0.2) is 0 Å². The zero-order valence-corrected chi connectivity index (χ0v) is 12.1. The highest BCUT2D eigenvalue weighted by atomic mass is 16.5. The average Bonchev–Trinajstić information content (AvgIpc) is 2.36. The highest BCUT2D eigenvalue weighted by Gasteiger charge is 2.01. The van der Waals surface area contributed by atoms with E-state index >= 15 is 0 Å². The summed E-state index contributed by atoms with van der Waals surface area (Å²) in [6.07, 6.45) is 4.90. The number of carbonyl (C=O) groups is 2. The van der Waals surface area contributed by atoms with E-state index in [9.17, 15) is 9.59 Å². The maximum atomic E-state index is 11.4. The van der Waals surface area contributed by atoms with Crippen LogP contribution < -0.4 is 10.6 Å². The van der Waals surface area contributed by atoms with Crippen molar-refractivity contribution in [3.8, 4) is 0 Å². The molecule has 0 saturated carbocycles. The SMILES string of the molecule is CCC(=O)NCCCCCCC(=O)NCCN(C)O. The van der Waals surface area contributed by atoms with Crippen molar-refractivity contribution in [3.05, 3.63) is 0 Å². The van der Waals surface area contributed by atoms with Crippen LogP contribution >= 0.6 is 0 Å². The molecule has 0 aliphatic carbocycles. The topological polar surface area (TPSA) is 81.7 Å². The number of likely N-dealkylation sites (N-methyl/N-ethyl adjacent to an activating group) is 1. The first-order valence-electron chi connectivity index (χ1n) is 6.99. The summed E-state index contributed by atoms with van der Waals surface area (Å²) in [4.78, 5) is 22.3. The number of nitrogens with one attached hydrogen (secondary N) is 2. The largest absolute Gasteiger partial charge is 0.356 e. The summed E-state index contributed by atoms with van der Waals surface area (Å²) >= 11 is 0. The molecule has 112 valence electrons. The van der Waals surface area contributed by atoms with Gasteiger partial charge in [-0.3, -0.25) is 9.59 Å². The van der Waals surface area contributed by atoms with Crippen LogP contribution in [0.15, 0.2) is 0 Å². The minimum atomic E-state index is 0.0288. The van der Waals surface area contributed by atoms with Crippen LogP contribution in [0.1, 0.15) is 45.4 Å². The average molecular weight is 273 g/mol. The number of hydrogen-bond acceptors (Lipinski definition) is 4. The van der Waals surface area contributed by atoms with E-state index in [1.807, 2.05) is 6.92 Å². The minimum Gasteiger partial charge on any atom is -0.356 e. The second kappa shape index (κ2) is 11.9. The smallest absolute Gasteiger partial charge is 0.220 e. The van der Waals surface area contributed by atoms with Gasteiger partial charge in [0.05, 0.1) is 0 Å². The number of hydrogen-bond donors (Lipinski definition) is 3. The van der Waals surface area contributed by atoms with Gasteiger partial charge in [0.2, 0.25) is 11.8 Å². The van der Waals surface area contributed by atoms with Gasteiger partial charge >= 0.3 is 0 Å². The molecule has 0 aliphatic rings. The molecule has 6 heteroatoms. The Morgan fingerprint density at radius 1 is 1.00 bits per heavy atom. The van der Waals surface area contributed by atoms with Gasteiger partial charge in [0.1, 0.15) is 0 Å². The van der Waals surface area contributed by atoms with Crippen molar-refractivity contribution in [2.45, 2.75) is 45.4 Å². The first-order chi connectivity index (χ1) is 9.06. The molecule has 0 aliphatic heterocycles. The zero-order chi connectivity index (χ0) is 14.5. The highest BCUT2D eigenvalue weighted by molar-refractivity contribution is 5.75. The lowest BCUT2D eigenvalue weighted by molar-refractivity contribution is -0.122. The summed E-state index contributed by atoms with van der Waals surface area (Å²) in [6, 6.07) is 0. The molecular weight excluding hydrogens is 246 g/mol. The molecule has 0 fully saturated rings. The Morgan fingerprint density at radius 3 is 2.26 bits per heavy atom. The van der Waals surface area contributed by atoms with Crippen LogP contribution in [0.25, 0.3) is 0 Å². The molecule has 0 spiro atoms. The van der Waals surface area contributed by atoms with Crippen molar-refractivity contribution in [1.29, 1.82) is 0 Å².